The highest BCUT2D eigenvalue weighted by Crippen LogP contribution is 2.22. The second-order valence-electron chi connectivity index (χ2n) is 9.74. The first-order valence-electron chi connectivity index (χ1n) is 12.0. The van der Waals surface area contributed by atoms with Crippen molar-refractivity contribution in [3.63, 3.8) is 0 Å². The van der Waals surface area contributed by atoms with Crippen molar-refractivity contribution in [2.75, 3.05) is 0 Å². The second kappa shape index (κ2) is 9.01. The Hall–Kier alpha value is -2.95. The third-order valence-corrected chi connectivity index (χ3v) is 13.5. The van der Waals surface area contributed by atoms with E-state index in [-0.39, 0.29) is 0 Å². The molecule has 5 aromatic rings. The number of aryl methyl sites for hydroxylation is 6. The van der Waals surface area contributed by atoms with Gasteiger partial charge in [-0.3, -0.25) is 0 Å². The smallest absolute Gasteiger partial charge is 0.0177 e. The summed E-state index contributed by atoms with van der Waals surface area (Å²) in [5, 5.41) is 10.3. The van der Waals surface area contributed by atoms with Crippen LogP contribution in [0, 0.1) is 41.5 Å². The Kier molecular flexibility index (Phi) is 6.05. The van der Waals surface area contributed by atoms with E-state index in [1.165, 1.54) is 54.9 Å². The van der Waals surface area contributed by atoms with Crippen LogP contribution in [0.1, 0.15) is 33.4 Å². The molecule has 0 saturated carbocycles. The molecule has 0 fully saturated rings. The highest BCUT2D eigenvalue weighted by molar-refractivity contribution is 7.08. The molecule has 0 bridgehead atoms. The highest BCUT2D eigenvalue weighted by atomic mass is 28.9. The van der Waals surface area contributed by atoms with Crippen LogP contribution in [0.15, 0.2) is 78.9 Å². The van der Waals surface area contributed by atoms with Crippen molar-refractivity contribution in [1.82, 2.24) is 0 Å². The van der Waals surface area contributed by atoms with Crippen molar-refractivity contribution in [2.24, 2.45) is 0 Å². The monoisotopic (exact) mass is 471 g/mol. The van der Waals surface area contributed by atoms with Gasteiger partial charge in [0, 0.05) is 0 Å². The van der Waals surface area contributed by atoms with Gasteiger partial charge in [0.1, 0.15) is 0 Å². The Morgan fingerprint density at radius 2 is 0.941 bits per heavy atom. The summed E-state index contributed by atoms with van der Waals surface area (Å²) in [5.74, 6) is 0. The van der Waals surface area contributed by atoms with Gasteiger partial charge in [-0.05, 0) is 69.2 Å². The van der Waals surface area contributed by atoms with Gasteiger partial charge in [-0.15, -0.1) is 7.89 Å². The van der Waals surface area contributed by atoms with E-state index in [4.69, 9.17) is 0 Å². The quantitative estimate of drug-likeness (QED) is 0.224. The van der Waals surface area contributed by atoms with Gasteiger partial charge >= 0.3 is 0 Å². The zero-order chi connectivity index (χ0) is 24.0. The molecule has 0 aromatic heterocycles. The van der Waals surface area contributed by atoms with Crippen LogP contribution in [-0.4, -0.2) is 16.5 Å². The molecule has 0 spiro atoms. The van der Waals surface area contributed by atoms with Gasteiger partial charge in [-0.2, -0.15) is 0 Å². The van der Waals surface area contributed by atoms with Gasteiger partial charge in [0.25, 0.3) is 0 Å². The fourth-order valence-electron chi connectivity index (χ4n) is 5.61. The molecule has 5 rings (SSSR count). The maximum atomic E-state index is 2.39. The molecule has 0 nitrogen and oxygen atoms in total. The second-order valence-corrected chi connectivity index (χ2v) is 14.5. The van der Waals surface area contributed by atoms with E-state index < -0.39 is 7.89 Å². The van der Waals surface area contributed by atoms with Crippen LogP contribution < -0.4 is 15.6 Å². The van der Waals surface area contributed by atoms with Gasteiger partial charge in [-0.1, -0.05) is 117 Å². The standard InChI is InChI=1S/C32H31Si2/c1-20-15-22(3)30(23(4)16-20)33-34(31-24(5)17-21(2)18-25(31)6)32-28-13-9-7-11-26(28)19-27-12-8-10-14-29(27)32/h7-19H,1-6H3/q-1. The molecule has 0 amide bonds. The van der Waals surface area contributed by atoms with Gasteiger partial charge in [0.05, 0.1) is 0 Å². The molecule has 0 aliphatic heterocycles. The first-order valence-corrected chi connectivity index (χ1v) is 15.5. The third kappa shape index (κ3) is 4.06. The third-order valence-electron chi connectivity index (χ3n) is 6.88. The molecule has 0 N–H and O–H groups in total. The zero-order valence-corrected chi connectivity index (χ0v) is 23.0. The van der Waals surface area contributed by atoms with Crippen LogP contribution in [0.5, 0.6) is 0 Å². The summed E-state index contributed by atoms with van der Waals surface area (Å²) in [4.78, 5) is 0. The summed E-state index contributed by atoms with van der Waals surface area (Å²) in [7, 11) is -0.345. The molecule has 5 aromatic carbocycles. The Morgan fingerprint density at radius 1 is 0.500 bits per heavy atom. The van der Waals surface area contributed by atoms with Gasteiger partial charge in [0.2, 0.25) is 0 Å². The largest absolute Gasteiger partial charge is 0.408 e. The predicted molar refractivity (Wildman–Crippen MR) is 153 cm³/mol. The molecule has 168 valence electrons. The highest BCUT2D eigenvalue weighted by Gasteiger charge is 2.13. The van der Waals surface area contributed by atoms with Gasteiger partial charge < -0.3 is 8.61 Å². The van der Waals surface area contributed by atoms with Gasteiger partial charge in [-0.25, -0.2) is 5.19 Å². The minimum atomic E-state index is -1.11. The first-order chi connectivity index (χ1) is 16.3. The molecular formula is C32H31Si2-. The fraction of sp³-hybridized carbons (Fsp3) is 0.188. The molecule has 0 atom stereocenters. The number of fused-ring (bicyclic) bond motifs is 2. The average molecular weight is 472 g/mol. The van der Waals surface area contributed by atoms with Crippen LogP contribution in [0.4, 0.5) is 0 Å². The molecule has 2 heteroatoms. The summed E-state index contributed by atoms with van der Waals surface area (Å²) in [6, 6.07) is 29.9. The van der Waals surface area contributed by atoms with Crippen molar-refractivity contribution in [3.05, 3.63) is 112 Å². The lowest BCUT2D eigenvalue weighted by Crippen LogP contribution is -2.44. The predicted octanol–water partition coefficient (Wildman–Crippen LogP) is 5.98. The number of hydrogen-bond donors (Lipinski definition) is 0. The molecule has 0 unspecified atom stereocenters. The topological polar surface area (TPSA) is 0 Å². The maximum Gasteiger partial charge on any atom is -0.0177 e. The Balaban J connectivity index is 1.98. The fourth-order valence-corrected chi connectivity index (χ4v) is 13.5. The SMILES string of the molecule is Cc1cc(C)c([Si-]=[Si](c2c(C)cc(C)cc2C)c2c3ccccc3cc3ccccc23)c(C)c1. The van der Waals surface area contributed by atoms with Crippen molar-refractivity contribution in [1.29, 1.82) is 0 Å². The van der Waals surface area contributed by atoms with Crippen LogP contribution in [0.3, 0.4) is 0 Å². The molecule has 0 aliphatic carbocycles. The molecule has 34 heavy (non-hydrogen) atoms. The normalized spacial score (nSPS) is 12.0. The van der Waals surface area contributed by atoms with Crippen molar-refractivity contribution in [3.8, 4) is 0 Å². The van der Waals surface area contributed by atoms with Crippen molar-refractivity contribution < 1.29 is 0 Å². The van der Waals surface area contributed by atoms with Crippen molar-refractivity contribution in [2.45, 2.75) is 41.5 Å². The number of hydrogen-bond acceptors (Lipinski definition) is 0. The Morgan fingerprint density at radius 3 is 1.44 bits per heavy atom. The van der Waals surface area contributed by atoms with E-state index in [2.05, 4.69) is 120 Å². The van der Waals surface area contributed by atoms with E-state index in [0.29, 0.717) is 0 Å². The molecule has 0 aliphatic rings. The minimum Gasteiger partial charge on any atom is -0.408 e. The summed E-state index contributed by atoms with van der Waals surface area (Å²) >= 11 is 0. The van der Waals surface area contributed by atoms with Crippen LogP contribution in [0.2, 0.25) is 0 Å². The van der Waals surface area contributed by atoms with Gasteiger partial charge in [0.15, 0.2) is 0 Å². The van der Waals surface area contributed by atoms with E-state index in [9.17, 15) is 0 Å². The Bertz CT molecular complexity index is 1510. The lowest BCUT2D eigenvalue weighted by molar-refractivity contribution is 1.35. The molecule has 0 heterocycles. The number of rotatable bonds is 3. The summed E-state index contributed by atoms with van der Waals surface area (Å²) < 4.78 is 0. The van der Waals surface area contributed by atoms with Crippen LogP contribution in [0.25, 0.3) is 21.5 Å². The lowest BCUT2D eigenvalue weighted by Gasteiger charge is -2.29. The number of benzene rings is 5. The molecular weight excluding hydrogens is 441 g/mol. The molecule has 0 saturated heterocycles. The summed E-state index contributed by atoms with van der Waals surface area (Å²) in [6.07, 6.45) is 0. The van der Waals surface area contributed by atoms with E-state index in [1.807, 2.05) is 0 Å². The Labute approximate surface area is 207 Å². The minimum absolute atomic E-state index is 0.763. The zero-order valence-electron chi connectivity index (χ0n) is 21.0. The molecule has 0 radical (unpaired) electrons. The maximum absolute atomic E-state index is 2.39. The van der Waals surface area contributed by atoms with E-state index >= 15 is 0 Å². The van der Waals surface area contributed by atoms with Crippen molar-refractivity contribution >= 4 is 53.6 Å². The summed E-state index contributed by atoms with van der Waals surface area (Å²) in [5.41, 5.74) is 8.47. The van der Waals surface area contributed by atoms with E-state index in [1.54, 1.807) is 15.6 Å². The summed E-state index contributed by atoms with van der Waals surface area (Å²) in [6.45, 7) is 13.7. The average Bonchev–Trinajstić information content (AvgIpc) is 2.78. The van der Waals surface area contributed by atoms with E-state index in [0.717, 1.165) is 8.61 Å². The lowest BCUT2D eigenvalue weighted by atomic mass is 10.0. The van der Waals surface area contributed by atoms with Crippen LogP contribution in [-0.2, 0) is 0 Å². The first kappa shape index (κ1) is 22.8. The van der Waals surface area contributed by atoms with Crippen LogP contribution >= 0.6 is 0 Å².